The van der Waals surface area contributed by atoms with Crippen molar-refractivity contribution in [1.29, 1.82) is 0 Å². The van der Waals surface area contributed by atoms with Crippen molar-refractivity contribution in [3.05, 3.63) is 23.9 Å². The van der Waals surface area contributed by atoms with Crippen molar-refractivity contribution in [2.45, 2.75) is 0 Å². The zero-order valence-electron chi connectivity index (χ0n) is 8.40. The molecule has 3 N–H and O–H groups in total. The molecule has 6 heteroatoms. The molecule has 5 nitrogen and oxygen atoms in total. The van der Waals surface area contributed by atoms with Crippen LogP contribution in [0.15, 0.2) is 18.3 Å². The molecule has 0 aliphatic rings. The van der Waals surface area contributed by atoms with E-state index in [4.69, 9.17) is 5.73 Å². The van der Waals surface area contributed by atoms with E-state index in [9.17, 15) is 9.00 Å². The standard InChI is InChI=1S/C9H13N3O2S/c1-15(14)5-4-11-9(13)7-2-3-8(10)12-6-7/h2-3,6H,4-5H2,1H3,(H2,10,12)(H,11,13). The van der Waals surface area contributed by atoms with E-state index in [0.29, 0.717) is 23.7 Å². The van der Waals surface area contributed by atoms with E-state index in [1.165, 1.54) is 6.20 Å². The number of nitrogens with one attached hydrogen (secondary N) is 1. The average molecular weight is 227 g/mol. The van der Waals surface area contributed by atoms with Crippen molar-refractivity contribution in [2.24, 2.45) is 0 Å². The van der Waals surface area contributed by atoms with Gasteiger partial charge >= 0.3 is 0 Å². The Balaban J connectivity index is 2.47. The number of aromatic nitrogens is 1. The quantitative estimate of drug-likeness (QED) is 0.744. The van der Waals surface area contributed by atoms with Crippen molar-refractivity contribution in [2.75, 3.05) is 24.3 Å². The Bertz CT molecular complexity index is 364. The highest BCUT2D eigenvalue weighted by Crippen LogP contribution is 2.00. The van der Waals surface area contributed by atoms with Gasteiger partial charge in [-0.2, -0.15) is 0 Å². The molecule has 0 aliphatic heterocycles. The normalized spacial score (nSPS) is 12.1. The number of nitrogens with two attached hydrogens (primary N) is 1. The van der Waals surface area contributed by atoms with Crippen molar-refractivity contribution >= 4 is 22.5 Å². The van der Waals surface area contributed by atoms with Crippen molar-refractivity contribution < 1.29 is 9.00 Å². The number of nitrogen functional groups attached to an aromatic ring is 1. The summed E-state index contributed by atoms with van der Waals surface area (Å²) in [7, 11) is -0.892. The first-order valence-corrected chi connectivity index (χ1v) is 6.12. The van der Waals surface area contributed by atoms with E-state index in [1.807, 2.05) is 0 Å². The smallest absolute Gasteiger partial charge is 0.252 e. The number of pyridine rings is 1. The van der Waals surface area contributed by atoms with E-state index in [2.05, 4.69) is 10.3 Å². The Kier molecular flexibility index (Phi) is 4.23. The Hall–Kier alpha value is -1.43. The van der Waals surface area contributed by atoms with Gasteiger partial charge in [-0.1, -0.05) is 0 Å². The monoisotopic (exact) mass is 227 g/mol. The molecule has 0 aliphatic carbocycles. The Morgan fingerprint density at radius 2 is 2.33 bits per heavy atom. The highest BCUT2D eigenvalue weighted by Gasteiger charge is 2.04. The number of hydrogen-bond donors (Lipinski definition) is 2. The van der Waals surface area contributed by atoms with Gasteiger partial charge in [-0.15, -0.1) is 0 Å². The van der Waals surface area contributed by atoms with Crippen LogP contribution in [0.4, 0.5) is 5.82 Å². The number of nitrogens with zero attached hydrogens (tertiary/aromatic N) is 1. The average Bonchev–Trinajstić information content (AvgIpc) is 2.18. The highest BCUT2D eigenvalue weighted by atomic mass is 32.2. The van der Waals surface area contributed by atoms with Crippen LogP contribution in [0, 0.1) is 0 Å². The molecule has 0 aromatic carbocycles. The van der Waals surface area contributed by atoms with E-state index >= 15 is 0 Å². The Morgan fingerprint density at radius 1 is 1.60 bits per heavy atom. The summed E-state index contributed by atoms with van der Waals surface area (Å²) in [6.45, 7) is 0.395. The maximum atomic E-state index is 11.4. The minimum absolute atomic E-state index is 0.229. The molecule has 1 rings (SSSR count). The molecule has 1 aromatic rings. The number of carbonyl (C=O) groups excluding carboxylic acids is 1. The summed E-state index contributed by atoms with van der Waals surface area (Å²) >= 11 is 0. The van der Waals surface area contributed by atoms with Gasteiger partial charge in [0.25, 0.3) is 5.91 Å². The van der Waals surface area contributed by atoms with Gasteiger partial charge in [-0.05, 0) is 12.1 Å². The first-order valence-electron chi connectivity index (χ1n) is 4.39. The van der Waals surface area contributed by atoms with Gasteiger partial charge in [0.2, 0.25) is 0 Å². The zero-order valence-corrected chi connectivity index (χ0v) is 9.21. The molecular weight excluding hydrogens is 214 g/mol. The fourth-order valence-electron chi connectivity index (χ4n) is 0.950. The zero-order chi connectivity index (χ0) is 11.3. The first-order chi connectivity index (χ1) is 7.09. The summed E-state index contributed by atoms with van der Waals surface area (Å²) in [6, 6.07) is 3.16. The van der Waals surface area contributed by atoms with Gasteiger partial charge in [-0.25, -0.2) is 4.98 Å². The van der Waals surface area contributed by atoms with Crippen LogP contribution in [0.25, 0.3) is 0 Å². The van der Waals surface area contributed by atoms with E-state index in [1.54, 1.807) is 18.4 Å². The number of anilines is 1. The summed E-state index contributed by atoms with van der Waals surface area (Å²) in [5, 5.41) is 2.64. The van der Waals surface area contributed by atoms with Crippen molar-refractivity contribution in [3.8, 4) is 0 Å². The molecule has 1 heterocycles. The van der Waals surface area contributed by atoms with Crippen LogP contribution in [-0.4, -0.2) is 33.7 Å². The minimum Gasteiger partial charge on any atom is -0.384 e. The lowest BCUT2D eigenvalue weighted by Gasteiger charge is -2.03. The van der Waals surface area contributed by atoms with Gasteiger partial charge in [0.1, 0.15) is 5.82 Å². The highest BCUT2D eigenvalue weighted by molar-refractivity contribution is 7.84. The van der Waals surface area contributed by atoms with Crippen LogP contribution in [0.2, 0.25) is 0 Å². The van der Waals surface area contributed by atoms with Crippen molar-refractivity contribution in [1.82, 2.24) is 10.3 Å². The van der Waals surface area contributed by atoms with Gasteiger partial charge in [-0.3, -0.25) is 9.00 Å². The Morgan fingerprint density at radius 3 is 2.87 bits per heavy atom. The maximum absolute atomic E-state index is 11.4. The first kappa shape index (κ1) is 11.6. The van der Waals surface area contributed by atoms with Gasteiger partial charge in [0, 0.05) is 35.5 Å². The number of hydrogen-bond acceptors (Lipinski definition) is 4. The number of rotatable bonds is 4. The van der Waals surface area contributed by atoms with E-state index < -0.39 is 10.8 Å². The molecule has 15 heavy (non-hydrogen) atoms. The second kappa shape index (κ2) is 5.45. The second-order valence-electron chi connectivity index (χ2n) is 3.00. The molecule has 0 fully saturated rings. The SMILES string of the molecule is CS(=O)CCNC(=O)c1ccc(N)nc1. The van der Waals surface area contributed by atoms with Crippen molar-refractivity contribution in [3.63, 3.8) is 0 Å². The van der Waals surface area contributed by atoms with Crippen LogP contribution in [0.1, 0.15) is 10.4 Å². The lowest BCUT2D eigenvalue weighted by Crippen LogP contribution is -2.27. The summed E-state index contributed by atoms with van der Waals surface area (Å²) in [4.78, 5) is 15.2. The maximum Gasteiger partial charge on any atom is 0.252 e. The topological polar surface area (TPSA) is 85.1 Å². The fourth-order valence-corrected chi connectivity index (χ4v) is 1.34. The third-order valence-corrected chi connectivity index (χ3v) is 2.50. The summed E-state index contributed by atoms with van der Waals surface area (Å²) in [5.41, 5.74) is 5.83. The van der Waals surface area contributed by atoms with Crippen LogP contribution in [0.3, 0.4) is 0 Å². The number of amides is 1. The summed E-state index contributed by atoms with van der Waals surface area (Å²) < 4.78 is 10.7. The lowest BCUT2D eigenvalue weighted by molar-refractivity contribution is 0.0956. The molecule has 0 radical (unpaired) electrons. The third-order valence-electron chi connectivity index (χ3n) is 1.72. The molecule has 1 aromatic heterocycles. The molecule has 82 valence electrons. The minimum atomic E-state index is -0.892. The van der Waals surface area contributed by atoms with Gasteiger partial charge in [0.15, 0.2) is 0 Å². The summed E-state index contributed by atoms with van der Waals surface area (Å²) in [6.07, 6.45) is 3.00. The van der Waals surface area contributed by atoms with Crippen LogP contribution in [0.5, 0.6) is 0 Å². The van der Waals surface area contributed by atoms with E-state index in [0.717, 1.165) is 0 Å². The lowest BCUT2D eigenvalue weighted by atomic mass is 10.2. The molecular formula is C9H13N3O2S. The van der Waals surface area contributed by atoms with Crippen LogP contribution >= 0.6 is 0 Å². The molecule has 1 atom stereocenters. The molecule has 0 saturated carbocycles. The summed E-state index contributed by atoms with van der Waals surface area (Å²) in [5.74, 6) is 0.600. The van der Waals surface area contributed by atoms with Gasteiger partial charge in [0.05, 0.1) is 5.56 Å². The fraction of sp³-hybridized carbons (Fsp3) is 0.333. The predicted octanol–water partition coefficient (Wildman–Crippen LogP) is -0.228. The molecule has 1 amide bonds. The molecule has 0 saturated heterocycles. The largest absolute Gasteiger partial charge is 0.384 e. The van der Waals surface area contributed by atoms with E-state index in [-0.39, 0.29) is 5.91 Å². The molecule has 0 bridgehead atoms. The van der Waals surface area contributed by atoms with Crippen LogP contribution < -0.4 is 11.1 Å². The van der Waals surface area contributed by atoms with Gasteiger partial charge < -0.3 is 11.1 Å². The number of carbonyl (C=O) groups is 1. The molecule has 1 unspecified atom stereocenters. The Labute approximate surface area is 90.5 Å². The van der Waals surface area contributed by atoms with Crippen LogP contribution in [-0.2, 0) is 10.8 Å². The molecule has 0 spiro atoms. The second-order valence-corrected chi connectivity index (χ2v) is 4.56. The third kappa shape index (κ3) is 4.07. The predicted molar refractivity (Wildman–Crippen MR) is 59.9 cm³/mol.